The highest BCUT2D eigenvalue weighted by atomic mass is 16.5. The zero-order valence-corrected chi connectivity index (χ0v) is 12.4. The molecule has 0 spiro atoms. The third kappa shape index (κ3) is 3.72. The lowest BCUT2D eigenvalue weighted by Gasteiger charge is -2.25. The summed E-state index contributed by atoms with van der Waals surface area (Å²) in [6.45, 7) is 3.54. The highest BCUT2D eigenvalue weighted by molar-refractivity contribution is 5.96. The van der Waals surface area contributed by atoms with Crippen LogP contribution in [-0.4, -0.2) is 45.5 Å². The molecule has 0 aromatic heterocycles. The van der Waals surface area contributed by atoms with E-state index >= 15 is 0 Å². The monoisotopic (exact) mass is 294 g/mol. The number of hydrogen-bond acceptors (Lipinski definition) is 5. The average Bonchev–Trinajstić information content (AvgIpc) is 2.81. The van der Waals surface area contributed by atoms with E-state index in [0.29, 0.717) is 37.9 Å². The quantitative estimate of drug-likeness (QED) is 0.765. The maximum Gasteiger partial charge on any atom is 0.234 e. The van der Waals surface area contributed by atoms with Gasteiger partial charge in [0, 0.05) is 24.9 Å². The Balaban J connectivity index is 1.99. The summed E-state index contributed by atoms with van der Waals surface area (Å²) in [5.74, 6) is 0.545. The summed E-state index contributed by atoms with van der Waals surface area (Å²) in [6, 6.07) is 6.95. The van der Waals surface area contributed by atoms with Gasteiger partial charge in [-0.15, -0.1) is 0 Å². The third-order valence-electron chi connectivity index (χ3n) is 3.68. The Bertz CT molecular complexity index is 494. The SMILES string of the molecule is COCCOc1cccc(NC(=O)C2(C)COCC2N)c1. The van der Waals surface area contributed by atoms with Crippen LogP contribution in [-0.2, 0) is 14.3 Å². The zero-order valence-electron chi connectivity index (χ0n) is 12.4. The highest BCUT2D eigenvalue weighted by Crippen LogP contribution is 2.29. The molecular formula is C15H22N2O4. The largest absolute Gasteiger partial charge is 0.491 e. The number of carbonyl (C=O) groups is 1. The Morgan fingerprint density at radius 1 is 1.52 bits per heavy atom. The van der Waals surface area contributed by atoms with Crippen LogP contribution in [0.5, 0.6) is 5.75 Å². The maximum atomic E-state index is 12.4. The molecule has 1 heterocycles. The topological polar surface area (TPSA) is 82.8 Å². The van der Waals surface area contributed by atoms with Crippen molar-refractivity contribution in [1.82, 2.24) is 0 Å². The molecule has 21 heavy (non-hydrogen) atoms. The molecular weight excluding hydrogens is 272 g/mol. The lowest BCUT2D eigenvalue weighted by atomic mass is 9.85. The molecule has 0 bridgehead atoms. The van der Waals surface area contributed by atoms with Gasteiger partial charge in [-0.2, -0.15) is 0 Å². The molecule has 6 heteroatoms. The number of hydrogen-bond donors (Lipinski definition) is 2. The number of amides is 1. The van der Waals surface area contributed by atoms with Crippen molar-refractivity contribution in [3.63, 3.8) is 0 Å². The Hall–Kier alpha value is -1.63. The fourth-order valence-electron chi connectivity index (χ4n) is 2.10. The van der Waals surface area contributed by atoms with Crippen LogP contribution in [0.25, 0.3) is 0 Å². The maximum absolute atomic E-state index is 12.4. The van der Waals surface area contributed by atoms with E-state index in [2.05, 4.69) is 5.32 Å². The number of carbonyl (C=O) groups excluding carboxylic acids is 1. The summed E-state index contributed by atoms with van der Waals surface area (Å²) in [6.07, 6.45) is 0. The first-order valence-corrected chi connectivity index (χ1v) is 6.93. The van der Waals surface area contributed by atoms with Crippen molar-refractivity contribution < 1.29 is 19.0 Å². The lowest BCUT2D eigenvalue weighted by molar-refractivity contribution is -0.125. The molecule has 1 amide bonds. The summed E-state index contributed by atoms with van der Waals surface area (Å²) >= 11 is 0. The number of ether oxygens (including phenoxy) is 3. The van der Waals surface area contributed by atoms with Gasteiger partial charge in [0.2, 0.25) is 5.91 Å². The smallest absolute Gasteiger partial charge is 0.234 e. The van der Waals surface area contributed by atoms with Gasteiger partial charge >= 0.3 is 0 Å². The number of benzene rings is 1. The van der Waals surface area contributed by atoms with Crippen molar-refractivity contribution >= 4 is 11.6 Å². The van der Waals surface area contributed by atoms with Gasteiger partial charge in [-0.05, 0) is 19.1 Å². The fourth-order valence-corrected chi connectivity index (χ4v) is 2.10. The van der Waals surface area contributed by atoms with Crippen molar-refractivity contribution in [2.45, 2.75) is 13.0 Å². The minimum Gasteiger partial charge on any atom is -0.491 e. The van der Waals surface area contributed by atoms with Crippen molar-refractivity contribution in [3.05, 3.63) is 24.3 Å². The standard InChI is InChI=1S/C15H22N2O4/c1-15(10-20-9-13(15)16)14(18)17-11-4-3-5-12(8-11)21-7-6-19-2/h3-5,8,13H,6-7,9-10,16H2,1-2H3,(H,17,18). The molecule has 1 saturated heterocycles. The molecule has 3 N–H and O–H groups in total. The number of anilines is 1. The minimum atomic E-state index is -0.701. The van der Waals surface area contributed by atoms with Gasteiger partial charge in [-0.1, -0.05) is 6.07 Å². The Morgan fingerprint density at radius 3 is 3.00 bits per heavy atom. The van der Waals surface area contributed by atoms with Crippen LogP contribution in [0.15, 0.2) is 24.3 Å². The van der Waals surface area contributed by atoms with Gasteiger partial charge in [-0.3, -0.25) is 4.79 Å². The summed E-state index contributed by atoms with van der Waals surface area (Å²) in [5, 5.41) is 2.88. The lowest BCUT2D eigenvalue weighted by Crippen LogP contribution is -2.47. The van der Waals surface area contributed by atoms with Crippen molar-refractivity contribution in [1.29, 1.82) is 0 Å². The van der Waals surface area contributed by atoms with Crippen LogP contribution in [0.3, 0.4) is 0 Å². The number of nitrogens with one attached hydrogen (secondary N) is 1. The van der Waals surface area contributed by atoms with Crippen LogP contribution < -0.4 is 15.8 Å². The van der Waals surface area contributed by atoms with E-state index in [-0.39, 0.29) is 11.9 Å². The van der Waals surface area contributed by atoms with Crippen LogP contribution in [0.4, 0.5) is 5.69 Å². The van der Waals surface area contributed by atoms with Gasteiger partial charge in [-0.25, -0.2) is 0 Å². The Labute approximate surface area is 124 Å². The minimum absolute atomic E-state index is 0.137. The van der Waals surface area contributed by atoms with E-state index in [4.69, 9.17) is 19.9 Å². The van der Waals surface area contributed by atoms with Crippen LogP contribution in [0.1, 0.15) is 6.92 Å². The van der Waals surface area contributed by atoms with Gasteiger partial charge in [0.15, 0.2) is 0 Å². The van der Waals surface area contributed by atoms with E-state index in [0.717, 1.165) is 0 Å². The van der Waals surface area contributed by atoms with Gasteiger partial charge in [0.25, 0.3) is 0 Å². The molecule has 1 aromatic carbocycles. The molecule has 116 valence electrons. The van der Waals surface area contributed by atoms with E-state index in [1.165, 1.54) is 0 Å². The predicted octanol–water partition coefficient (Wildman–Crippen LogP) is 1.01. The summed E-state index contributed by atoms with van der Waals surface area (Å²) < 4.78 is 15.7. The molecule has 0 saturated carbocycles. The third-order valence-corrected chi connectivity index (χ3v) is 3.68. The first-order chi connectivity index (χ1) is 10.1. The first kappa shape index (κ1) is 15.8. The second-order valence-electron chi connectivity index (χ2n) is 5.36. The molecule has 1 aromatic rings. The van der Waals surface area contributed by atoms with Crippen LogP contribution in [0, 0.1) is 5.41 Å². The van der Waals surface area contributed by atoms with E-state index in [9.17, 15) is 4.79 Å². The molecule has 0 aliphatic carbocycles. The fraction of sp³-hybridized carbons (Fsp3) is 0.533. The second kappa shape index (κ2) is 6.89. The van der Waals surface area contributed by atoms with Gasteiger partial charge < -0.3 is 25.3 Å². The zero-order chi connectivity index (χ0) is 15.3. The molecule has 0 radical (unpaired) electrons. The normalized spacial score (nSPS) is 24.8. The summed E-state index contributed by atoms with van der Waals surface area (Å²) in [4.78, 5) is 12.4. The summed E-state index contributed by atoms with van der Waals surface area (Å²) in [5.41, 5.74) is 5.93. The molecule has 2 rings (SSSR count). The van der Waals surface area contributed by atoms with E-state index in [1.807, 2.05) is 25.1 Å². The van der Waals surface area contributed by atoms with E-state index < -0.39 is 5.41 Å². The molecule has 1 aliphatic rings. The van der Waals surface area contributed by atoms with Crippen molar-refractivity contribution in [2.75, 3.05) is 38.9 Å². The molecule has 1 aliphatic heterocycles. The summed E-state index contributed by atoms with van der Waals surface area (Å²) in [7, 11) is 1.62. The Kier molecular flexibility index (Phi) is 5.17. The van der Waals surface area contributed by atoms with Crippen molar-refractivity contribution in [2.24, 2.45) is 11.1 Å². The highest BCUT2D eigenvalue weighted by Gasteiger charge is 2.44. The van der Waals surface area contributed by atoms with Crippen molar-refractivity contribution in [3.8, 4) is 5.75 Å². The number of nitrogens with two attached hydrogens (primary N) is 1. The molecule has 6 nitrogen and oxygen atoms in total. The van der Waals surface area contributed by atoms with Gasteiger partial charge in [0.1, 0.15) is 12.4 Å². The molecule has 2 atom stereocenters. The molecule has 1 fully saturated rings. The predicted molar refractivity (Wildman–Crippen MR) is 79.3 cm³/mol. The van der Waals surface area contributed by atoms with Gasteiger partial charge in [0.05, 0.1) is 25.2 Å². The first-order valence-electron chi connectivity index (χ1n) is 6.93. The molecule has 2 unspecified atom stereocenters. The Morgan fingerprint density at radius 2 is 2.33 bits per heavy atom. The van der Waals surface area contributed by atoms with Crippen LogP contribution in [0.2, 0.25) is 0 Å². The van der Waals surface area contributed by atoms with E-state index in [1.54, 1.807) is 13.2 Å². The average molecular weight is 294 g/mol. The number of methoxy groups -OCH3 is 1. The van der Waals surface area contributed by atoms with Crippen LogP contribution >= 0.6 is 0 Å². The number of rotatable bonds is 6. The second-order valence-corrected chi connectivity index (χ2v) is 5.36.